The van der Waals surface area contributed by atoms with Crippen molar-refractivity contribution in [1.29, 1.82) is 0 Å². The molecule has 1 aromatic rings. The summed E-state index contributed by atoms with van der Waals surface area (Å²) >= 11 is 0. The first kappa shape index (κ1) is 24.0. The smallest absolute Gasteiger partial charge is 0.254 e. The predicted octanol–water partition coefficient (Wildman–Crippen LogP) is 0.628. The largest absolute Gasteiger partial charge is 0.370 e. The van der Waals surface area contributed by atoms with E-state index in [4.69, 9.17) is 11.5 Å². The molecule has 1 aromatic carbocycles. The summed E-state index contributed by atoms with van der Waals surface area (Å²) in [5, 5.41) is 2.87. The lowest BCUT2D eigenvalue weighted by Crippen LogP contribution is -2.59. The van der Waals surface area contributed by atoms with Crippen LogP contribution in [-0.2, 0) is 14.4 Å². The number of hydrogen-bond acceptors (Lipinski definition) is 4. The summed E-state index contributed by atoms with van der Waals surface area (Å²) in [6.07, 6.45) is 7.28. The Morgan fingerprint density at radius 1 is 1.21 bits per heavy atom. The molecule has 5 N–H and O–H groups in total. The lowest BCUT2D eigenvalue weighted by Gasteiger charge is -2.39. The zero-order chi connectivity index (χ0) is 23.8. The Kier molecular flexibility index (Phi) is 8.23. The quantitative estimate of drug-likeness (QED) is 0.175. The van der Waals surface area contributed by atoms with Crippen molar-refractivity contribution < 1.29 is 14.4 Å². The van der Waals surface area contributed by atoms with Gasteiger partial charge in [0.15, 0.2) is 5.96 Å². The van der Waals surface area contributed by atoms with Crippen LogP contribution < -0.4 is 16.8 Å². The molecular formula is C24H32N6O3. The Balaban J connectivity index is 1.62. The van der Waals surface area contributed by atoms with Gasteiger partial charge in [0.05, 0.1) is 6.04 Å². The molecule has 33 heavy (non-hydrogen) atoms. The molecule has 3 amide bonds. The molecule has 0 bridgehead atoms. The average molecular weight is 453 g/mol. The summed E-state index contributed by atoms with van der Waals surface area (Å²) in [7, 11) is 0. The highest BCUT2D eigenvalue weighted by Gasteiger charge is 2.45. The normalized spacial score (nSPS) is 20.6. The summed E-state index contributed by atoms with van der Waals surface area (Å²) in [5.74, 6) is -0.530. The van der Waals surface area contributed by atoms with Crippen molar-refractivity contribution in [3.63, 3.8) is 0 Å². The third kappa shape index (κ3) is 6.21. The number of amides is 3. The number of piperazine rings is 1. The zero-order valence-corrected chi connectivity index (χ0v) is 18.9. The molecule has 2 atom stereocenters. The third-order valence-corrected chi connectivity index (χ3v) is 5.78. The molecule has 3 rings (SSSR count). The highest BCUT2D eigenvalue weighted by atomic mass is 16.2. The van der Waals surface area contributed by atoms with Gasteiger partial charge in [-0.05, 0) is 37.8 Å². The van der Waals surface area contributed by atoms with E-state index in [-0.39, 0.29) is 36.3 Å². The number of allylic oxidation sites excluding steroid dienone is 1. The summed E-state index contributed by atoms with van der Waals surface area (Å²) in [4.78, 5) is 46.0. The summed E-state index contributed by atoms with van der Waals surface area (Å²) in [6.45, 7) is 3.10. The van der Waals surface area contributed by atoms with Crippen LogP contribution in [0.4, 0.5) is 0 Å². The average Bonchev–Trinajstić information content (AvgIpc) is 3.23. The van der Waals surface area contributed by atoms with Crippen LogP contribution in [0.1, 0.15) is 31.7 Å². The summed E-state index contributed by atoms with van der Waals surface area (Å²) in [5.41, 5.74) is 12.0. The van der Waals surface area contributed by atoms with Gasteiger partial charge in [0, 0.05) is 25.2 Å². The fraction of sp³-hybridized carbons (Fsp3) is 0.417. The van der Waals surface area contributed by atoms with Gasteiger partial charge in [-0.3, -0.25) is 19.4 Å². The van der Waals surface area contributed by atoms with Crippen LogP contribution in [0.25, 0.3) is 6.08 Å². The predicted molar refractivity (Wildman–Crippen MR) is 128 cm³/mol. The van der Waals surface area contributed by atoms with Crippen molar-refractivity contribution in [2.45, 2.75) is 38.3 Å². The van der Waals surface area contributed by atoms with E-state index in [0.29, 0.717) is 44.5 Å². The summed E-state index contributed by atoms with van der Waals surface area (Å²) in [6, 6.07) is 8.94. The minimum absolute atomic E-state index is 0.0224. The van der Waals surface area contributed by atoms with E-state index in [9.17, 15) is 14.4 Å². The molecule has 0 aliphatic carbocycles. The molecule has 2 saturated heterocycles. The van der Waals surface area contributed by atoms with Gasteiger partial charge in [0.25, 0.3) is 5.91 Å². The molecule has 0 spiro atoms. The number of nitrogens with one attached hydrogen (secondary N) is 1. The Morgan fingerprint density at radius 3 is 2.67 bits per heavy atom. The minimum atomic E-state index is -0.502. The molecule has 9 heteroatoms. The second-order valence-corrected chi connectivity index (χ2v) is 8.20. The molecule has 0 aromatic heterocycles. The maximum absolute atomic E-state index is 13.2. The molecule has 0 saturated carbocycles. The molecule has 176 valence electrons. The SMILES string of the molecule is CC=CC(=Cc1ccccc1)C(=O)N1CC(=O)N2C(CCC2C(=O)NCCCN=C(N)N)C1. The number of aliphatic imine (C=N–C) groups is 1. The van der Waals surface area contributed by atoms with E-state index in [1.165, 1.54) is 0 Å². The molecule has 2 unspecified atom stereocenters. The van der Waals surface area contributed by atoms with Gasteiger partial charge >= 0.3 is 0 Å². The maximum Gasteiger partial charge on any atom is 0.254 e. The maximum atomic E-state index is 13.2. The van der Waals surface area contributed by atoms with Crippen molar-refractivity contribution in [3.8, 4) is 0 Å². The van der Waals surface area contributed by atoms with Crippen LogP contribution >= 0.6 is 0 Å². The number of hydrogen-bond donors (Lipinski definition) is 3. The number of nitrogens with two attached hydrogens (primary N) is 2. The van der Waals surface area contributed by atoms with Crippen molar-refractivity contribution in [2.75, 3.05) is 26.2 Å². The lowest BCUT2D eigenvalue weighted by atomic mass is 10.1. The first-order valence-corrected chi connectivity index (χ1v) is 11.2. The molecule has 2 aliphatic rings. The van der Waals surface area contributed by atoms with Crippen LogP contribution in [0.2, 0.25) is 0 Å². The van der Waals surface area contributed by atoms with Gasteiger partial charge in [-0.1, -0.05) is 42.5 Å². The molecule has 2 aliphatic heterocycles. The van der Waals surface area contributed by atoms with Crippen molar-refractivity contribution in [3.05, 3.63) is 53.6 Å². The monoisotopic (exact) mass is 452 g/mol. The molecular weight excluding hydrogens is 420 g/mol. The van der Waals surface area contributed by atoms with E-state index < -0.39 is 6.04 Å². The number of fused-ring (bicyclic) bond motifs is 1. The number of carbonyl (C=O) groups is 3. The Morgan fingerprint density at radius 2 is 1.97 bits per heavy atom. The van der Waals surface area contributed by atoms with Gasteiger partial charge in [-0.15, -0.1) is 0 Å². The number of benzene rings is 1. The minimum Gasteiger partial charge on any atom is -0.370 e. The van der Waals surface area contributed by atoms with Gasteiger partial charge in [0.1, 0.15) is 12.6 Å². The van der Waals surface area contributed by atoms with E-state index in [1.54, 1.807) is 15.9 Å². The Hall–Kier alpha value is -3.62. The van der Waals surface area contributed by atoms with Crippen LogP contribution in [0.15, 0.2) is 53.0 Å². The second-order valence-electron chi connectivity index (χ2n) is 8.20. The standard InChI is InChI=1S/C24H32N6O3/c1-2-7-18(14-17-8-4-3-5-9-17)23(33)29-15-19-10-11-20(30(19)21(31)16-29)22(32)27-12-6-13-28-24(25)26/h2-5,7-9,14,19-20H,6,10-13,15-16H2,1H3,(H,27,32)(H4,25,26,28). The van der Waals surface area contributed by atoms with Crippen molar-refractivity contribution >= 4 is 29.8 Å². The Bertz CT molecular complexity index is 952. The van der Waals surface area contributed by atoms with E-state index >= 15 is 0 Å². The second kappa shape index (κ2) is 11.3. The molecule has 9 nitrogen and oxygen atoms in total. The fourth-order valence-corrected chi connectivity index (χ4v) is 4.30. The highest BCUT2D eigenvalue weighted by Crippen LogP contribution is 2.29. The van der Waals surface area contributed by atoms with E-state index in [0.717, 1.165) is 5.56 Å². The van der Waals surface area contributed by atoms with Crippen LogP contribution in [-0.4, -0.2) is 71.7 Å². The number of rotatable bonds is 8. The van der Waals surface area contributed by atoms with Crippen molar-refractivity contribution in [1.82, 2.24) is 15.1 Å². The topological polar surface area (TPSA) is 134 Å². The lowest BCUT2D eigenvalue weighted by molar-refractivity contribution is -0.149. The van der Waals surface area contributed by atoms with Gasteiger partial charge in [0.2, 0.25) is 11.8 Å². The first-order valence-electron chi connectivity index (χ1n) is 11.2. The first-order chi connectivity index (χ1) is 15.9. The summed E-state index contributed by atoms with van der Waals surface area (Å²) < 4.78 is 0. The van der Waals surface area contributed by atoms with Crippen molar-refractivity contribution in [2.24, 2.45) is 16.5 Å². The van der Waals surface area contributed by atoms with Crippen LogP contribution in [0.3, 0.4) is 0 Å². The van der Waals surface area contributed by atoms with Crippen LogP contribution in [0.5, 0.6) is 0 Å². The zero-order valence-electron chi connectivity index (χ0n) is 18.9. The Labute approximate surface area is 194 Å². The number of nitrogens with zero attached hydrogens (tertiary/aromatic N) is 3. The van der Waals surface area contributed by atoms with Gasteiger partial charge in [-0.25, -0.2) is 0 Å². The number of carbonyl (C=O) groups excluding carboxylic acids is 3. The molecule has 2 heterocycles. The fourth-order valence-electron chi connectivity index (χ4n) is 4.30. The number of guanidine groups is 1. The van der Waals surface area contributed by atoms with Gasteiger partial charge < -0.3 is 26.6 Å². The van der Waals surface area contributed by atoms with Crippen LogP contribution in [0, 0.1) is 0 Å². The van der Waals surface area contributed by atoms with E-state index in [2.05, 4.69) is 10.3 Å². The van der Waals surface area contributed by atoms with E-state index in [1.807, 2.05) is 49.4 Å². The molecule has 2 fully saturated rings. The molecule has 0 radical (unpaired) electrons. The highest BCUT2D eigenvalue weighted by molar-refractivity contribution is 6.03. The van der Waals surface area contributed by atoms with Gasteiger partial charge in [-0.2, -0.15) is 0 Å². The third-order valence-electron chi connectivity index (χ3n) is 5.78.